The summed E-state index contributed by atoms with van der Waals surface area (Å²) >= 11 is 3.31. The summed E-state index contributed by atoms with van der Waals surface area (Å²) in [6.07, 6.45) is 11.2. The molecule has 1 aliphatic carbocycles. The van der Waals surface area contributed by atoms with E-state index in [9.17, 15) is 5.11 Å². The summed E-state index contributed by atoms with van der Waals surface area (Å²) in [4.78, 5) is 9.10. The smallest absolute Gasteiger partial charge is 0.177 e. The minimum Gasteiger partial charge on any atom is -0.452 e. The van der Waals surface area contributed by atoms with E-state index in [1.807, 2.05) is 42.3 Å². The monoisotopic (exact) mass is 491 g/mol. The summed E-state index contributed by atoms with van der Waals surface area (Å²) in [5, 5.41) is 15.8. The number of fused-ring (bicyclic) bond motifs is 2. The van der Waals surface area contributed by atoms with Gasteiger partial charge in [0.1, 0.15) is 5.76 Å². The van der Waals surface area contributed by atoms with Crippen LogP contribution in [0.15, 0.2) is 51.6 Å². The highest BCUT2D eigenvalue weighted by Crippen LogP contribution is 2.41. The molecule has 0 spiro atoms. The molecule has 1 fully saturated rings. The van der Waals surface area contributed by atoms with Gasteiger partial charge in [-0.1, -0.05) is 17.8 Å². The van der Waals surface area contributed by atoms with E-state index in [0.717, 1.165) is 68.1 Å². The van der Waals surface area contributed by atoms with Gasteiger partial charge in [0, 0.05) is 34.5 Å². The van der Waals surface area contributed by atoms with Crippen LogP contribution < -0.4 is 5.73 Å². The topological polar surface area (TPSA) is 103 Å². The summed E-state index contributed by atoms with van der Waals surface area (Å²) in [6.45, 7) is 1.92. The van der Waals surface area contributed by atoms with Gasteiger partial charge in [-0.15, -0.1) is 11.3 Å². The molecule has 34 heavy (non-hydrogen) atoms. The van der Waals surface area contributed by atoms with Crippen LogP contribution in [0.4, 0.5) is 5.82 Å². The Morgan fingerprint density at radius 2 is 2.06 bits per heavy atom. The van der Waals surface area contributed by atoms with Crippen LogP contribution in [0, 0.1) is 0 Å². The van der Waals surface area contributed by atoms with Crippen LogP contribution in [-0.2, 0) is 0 Å². The first-order valence-corrected chi connectivity index (χ1v) is 13.3. The Balaban J connectivity index is 1.41. The second-order valence-corrected chi connectivity index (χ2v) is 11.2. The molecule has 6 rings (SSSR count). The molecule has 7 nitrogen and oxygen atoms in total. The predicted molar refractivity (Wildman–Crippen MR) is 138 cm³/mol. The molecule has 9 heteroatoms. The van der Waals surface area contributed by atoms with E-state index in [1.165, 1.54) is 0 Å². The standard InChI is InChI=1S/C25H25N5O2S2/c1-25(31)8-6-15(7-9-25)30-13-14(11-28-30)18-12-27-23(26)21-17(18)10-20(32-21)16-4-3-5-19-22(16)34-24(29-19)33-2/h3-5,10-13,15,31H,6-9H2,1-2H3,(H2,26,27). The van der Waals surface area contributed by atoms with Crippen molar-refractivity contribution in [3.8, 4) is 22.5 Å². The lowest BCUT2D eigenvalue weighted by atomic mass is 9.84. The van der Waals surface area contributed by atoms with Crippen molar-refractivity contribution in [1.82, 2.24) is 19.7 Å². The number of pyridine rings is 1. The number of hydrogen-bond donors (Lipinski definition) is 2. The molecule has 4 aromatic heterocycles. The zero-order chi connectivity index (χ0) is 23.4. The SMILES string of the molecule is CSc1nc2cccc(-c3cc4c(-c5cnn(C6CCC(C)(O)CC6)c5)cnc(N)c4o3)c2s1. The quantitative estimate of drug-likeness (QED) is 0.291. The molecule has 0 atom stereocenters. The lowest BCUT2D eigenvalue weighted by Crippen LogP contribution is -2.31. The van der Waals surface area contributed by atoms with E-state index in [1.54, 1.807) is 29.3 Å². The van der Waals surface area contributed by atoms with Crippen molar-refractivity contribution in [2.24, 2.45) is 0 Å². The largest absolute Gasteiger partial charge is 0.452 e. The highest BCUT2D eigenvalue weighted by Gasteiger charge is 2.30. The third-order valence-corrected chi connectivity index (χ3v) is 8.83. The molecule has 0 aliphatic heterocycles. The molecule has 3 N–H and O–H groups in total. The Morgan fingerprint density at radius 3 is 2.85 bits per heavy atom. The minimum atomic E-state index is -0.565. The third-order valence-electron chi connectivity index (χ3n) is 6.74. The summed E-state index contributed by atoms with van der Waals surface area (Å²) in [6, 6.07) is 8.42. The zero-order valence-corrected chi connectivity index (χ0v) is 20.6. The van der Waals surface area contributed by atoms with Crippen molar-refractivity contribution in [1.29, 1.82) is 0 Å². The average molecular weight is 492 g/mol. The lowest BCUT2D eigenvalue weighted by Gasteiger charge is -2.33. The lowest BCUT2D eigenvalue weighted by molar-refractivity contribution is 0.00852. The molecule has 0 unspecified atom stereocenters. The van der Waals surface area contributed by atoms with Crippen LogP contribution in [0.2, 0.25) is 0 Å². The fraction of sp³-hybridized carbons (Fsp3) is 0.320. The number of thiazole rings is 1. The fourth-order valence-electron chi connectivity index (χ4n) is 4.78. The van der Waals surface area contributed by atoms with Crippen LogP contribution in [-0.4, -0.2) is 36.7 Å². The Morgan fingerprint density at radius 1 is 1.24 bits per heavy atom. The Labute approximate surface area is 205 Å². The highest BCUT2D eigenvalue weighted by atomic mass is 32.2. The van der Waals surface area contributed by atoms with E-state index in [0.29, 0.717) is 17.4 Å². The number of nitrogen functional groups attached to an aromatic ring is 1. The molecule has 4 heterocycles. The van der Waals surface area contributed by atoms with Crippen LogP contribution in [0.3, 0.4) is 0 Å². The molecule has 5 aromatic rings. The van der Waals surface area contributed by atoms with Crippen LogP contribution in [0.1, 0.15) is 38.6 Å². The molecule has 0 radical (unpaired) electrons. The number of anilines is 1. The number of furan rings is 1. The minimum absolute atomic E-state index is 0.292. The summed E-state index contributed by atoms with van der Waals surface area (Å²) in [7, 11) is 0. The Hall–Kier alpha value is -2.88. The maximum Gasteiger partial charge on any atom is 0.177 e. The van der Waals surface area contributed by atoms with Crippen molar-refractivity contribution in [3.05, 3.63) is 42.9 Å². The molecule has 0 saturated heterocycles. The molecular formula is C25H25N5O2S2. The number of benzene rings is 1. The first-order valence-electron chi connectivity index (χ1n) is 11.3. The highest BCUT2D eigenvalue weighted by molar-refractivity contribution is 8.00. The molecule has 1 aliphatic rings. The van der Waals surface area contributed by atoms with Gasteiger partial charge >= 0.3 is 0 Å². The zero-order valence-electron chi connectivity index (χ0n) is 19.0. The van der Waals surface area contributed by atoms with Gasteiger partial charge < -0.3 is 15.3 Å². The molecule has 1 aromatic carbocycles. The van der Waals surface area contributed by atoms with E-state index < -0.39 is 5.60 Å². The Kier molecular flexibility index (Phi) is 5.16. The molecule has 1 saturated carbocycles. The van der Waals surface area contributed by atoms with Gasteiger partial charge in [-0.05, 0) is 57.1 Å². The molecular weight excluding hydrogens is 466 g/mol. The van der Waals surface area contributed by atoms with Crippen molar-refractivity contribution >= 4 is 50.1 Å². The van der Waals surface area contributed by atoms with Gasteiger partial charge in [0.2, 0.25) is 0 Å². The first kappa shape index (κ1) is 21.6. The Bertz CT molecular complexity index is 1510. The normalized spacial score (nSPS) is 21.0. The number of thioether (sulfide) groups is 1. The summed E-state index contributed by atoms with van der Waals surface area (Å²) < 4.78 is 10.4. The fourth-order valence-corrected chi connectivity index (χ4v) is 6.37. The van der Waals surface area contributed by atoms with Gasteiger partial charge in [0.05, 0.1) is 28.1 Å². The van der Waals surface area contributed by atoms with E-state index >= 15 is 0 Å². The first-order chi connectivity index (χ1) is 16.4. The number of hydrogen-bond acceptors (Lipinski definition) is 8. The van der Waals surface area contributed by atoms with Gasteiger partial charge in [-0.3, -0.25) is 4.68 Å². The van der Waals surface area contributed by atoms with Crippen molar-refractivity contribution in [2.75, 3.05) is 12.0 Å². The van der Waals surface area contributed by atoms with Gasteiger partial charge in [0.15, 0.2) is 15.7 Å². The maximum absolute atomic E-state index is 10.3. The second kappa shape index (κ2) is 8.11. The van der Waals surface area contributed by atoms with Crippen molar-refractivity contribution in [3.63, 3.8) is 0 Å². The molecule has 0 amide bonds. The van der Waals surface area contributed by atoms with Gasteiger partial charge in [0.25, 0.3) is 0 Å². The maximum atomic E-state index is 10.3. The molecule has 0 bridgehead atoms. The predicted octanol–water partition coefficient (Wildman–Crippen LogP) is 6.14. The summed E-state index contributed by atoms with van der Waals surface area (Å²) in [5.74, 6) is 1.12. The number of aromatic nitrogens is 4. The van der Waals surface area contributed by atoms with Crippen LogP contribution in [0.5, 0.6) is 0 Å². The van der Waals surface area contributed by atoms with Crippen molar-refractivity contribution < 1.29 is 9.52 Å². The van der Waals surface area contributed by atoms with E-state index in [-0.39, 0.29) is 0 Å². The third kappa shape index (κ3) is 3.68. The molecule has 174 valence electrons. The number of nitrogens with zero attached hydrogens (tertiary/aromatic N) is 4. The van der Waals surface area contributed by atoms with Crippen molar-refractivity contribution in [2.45, 2.75) is 48.6 Å². The second-order valence-electron chi connectivity index (χ2n) is 9.19. The number of nitrogens with two attached hydrogens (primary N) is 1. The number of rotatable bonds is 4. The summed E-state index contributed by atoms with van der Waals surface area (Å²) in [5.41, 5.74) is 10.1. The van der Waals surface area contributed by atoms with E-state index in [2.05, 4.69) is 27.3 Å². The van der Waals surface area contributed by atoms with E-state index in [4.69, 9.17) is 10.2 Å². The average Bonchev–Trinajstić information content (AvgIpc) is 3.57. The number of aliphatic hydroxyl groups is 1. The van der Waals surface area contributed by atoms with Crippen LogP contribution in [0.25, 0.3) is 43.6 Å². The van der Waals surface area contributed by atoms with Gasteiger partial charge in [-0.25, -0.2) is 9.97 Å². The van der Waals surface area contributed by atoms with Crippen LogP contribution >= 0.6 is 23.1 Å². The van der Waals surface area contributed by atoms with Gasteiger partial charge in [-0.2, -0.15) is 5.10 Å².